The zero-order chi connectivity index (χ0) is 14.7. The molecular weight excluding hydrogens is 388 g/mol. The lowest BCUT2D eigenvalue weighted by Crippen LogP contribution is -2.03. The van der Waals surface area contributed by atoms with Crippen LogP contribution in [0.1, 0.15) is 22.6 Å². The molecule has 0 aromatic heterocycles. The average Bonchev–Trinajstić information content (AvgIpc) is 2.49. The van der Waals surface area contributed by atoms with Crippen LogP contribution in [0.25, 0.3) is 0 Å². The standard InChI is InChI=1S/C19H14Br2/c20-17-10-4-8-15(12-17)19(14-6-2-1-3-7-14)16-9-5-11-18(21)13-16/h1-13,19H. The van der Waals surface area contributed by atoms with Crippen LogP contribution in [0.2, 0.25) is 0 Å². The molecule has 2 heteroatoms. The van der Waals surface area contributed by atoms with Crippen LogP contribution in [0.5, 0.6) is 0 Å². The zero-order valence-electron chi connectivity index (χ0n) is 11.3. The van der Waals surface area contributed by atoms with Crippen molar-refractivity contribution in [3.05, 3.63) is 104 Å². The van der Waals surface area contributed by atoms with Gasteiger partial charge < -0.3 is 0 Å². The van der Waals surface area contributed by atoms with E-state index in [1.54, 1.807) is 0 Å². The Labute approximate surface area is 142 Å². The molecule has 3 rings (SSSR count). The van der Waals surface area contributed by atoms with Gasteiger partial charge in [-0.25, -0.2) is 0 Å². The van der Waals surface area contributed by atoms with Crippen molar-refractivity contribution >= 4 is 31.9 Å². The molecule has 3 aromatic carbocycles. The predicted octanol–water partition coefficient (Wildman–Crippen LogP) is 6.39. The quantitative estimate of drug-likeness (QED) is 0.446. The highest BCUT2D eigenvalue weighted by Crippen LogP contribution is 2.34. The average molecular weight is 402 g/mol. The summed E-state index contributed by atoms with van der Waals surface area (Å²) < 4.78 is 2.21. The third-order valence-electron chi connectivity index (χ3n) is 3.50. The summed E-state index contributed by atoms with van der Waals surface area (Å²) in [6.45, 7) is 0. The lowest BCUT2D eigenvalue weighted by molar-refractivity contribution is 0.974. The molecule has 0 unspecified atom stereocenters. The topological polar surface area (TPSA) is 0 Å². The van der Waals surface area contributed by atoms with Crippen LogP contribution in [0.3, 0.4) is 0 Å². The molecule has 0 amide bonds. The first-order valence-corrected chi connectivity index (χ1v) is 8.38. The van der Waals surface area contributed by atoms with Crippen LogP contribution in [0.15, 0.2) is 87.8 Å². The third-order valence-corrected chi connectivity index (χ3v) is 4.48. The number of rotatable bonds is 3. The van der Waals surface area contributed by atoms with Crippen LogP contribution < -0.4 is 0 Å². The van der Waals surface area contributed by atoms with Gasteiger partial charge in [0.25, 0.3) is 0 Å². The van der Waals surface area contributed by atoms with Gasteiger partial charge >= 0.3 is 0 Å². The maximum absolute atomic E-state index is 3.58. The molecule has 0 saturated carbocycles. The first kappa shape index (κ1) is 14.6. The Balaban J connectivity index is 2.16. The van der Waals surface area contributed by atoms with Crippen molar-refractivity contribution in [2.45, 2.75) is 5.92 Å². The van der Waals surface area contributed by atoms with E-state index in [-0.39, 0.29) is 5.92 Å². The van der Waals surface area contributed by atoms with Crippen molar-refractivity contribution in [2.75, 3.05) is 0 Å². The molecule has 0 fully saturated rings. The molecule has 0 aliphatic heterocycles. The third kappa shape index (κ3) is 3.45. The second kappa shape index (κ2) is 6.59. The molecular formula is C19H14Br2. The van der Waals surface area contributed by atoms with Gasteiger partial charge in [0, 0.05) is 14.9 Å². The van der Waals surface area contributed by atoms with Crippen molar-refractivity contribution in [2.24, 2.45) is 0 Å². The van der Waals surface area contributed by atoms with Crippen LogP contribution >= 0.6 is 31.9 Å². The molecule has 0 nitrogen and oxygen atoms in total. The van der Waals surface area contributed by atoms with Crippen LogP contribution in [0, 0.1) is 0 Å². The maximum Gasteiger partial charge on any atom is 0.0340 e. The van der Waals surface area contributed by atoms with E-state index >= 15 is 0 Å². The summed E-state index contributed by atoms with van der Waals surface area (Å²) in [5.41, 5.74) is 3.87. The molecule has 0 bridgehead atoms. The van der Waals surface area contributed by atoms with Gasteiger partial charge in [0.2, 0.25) is 0 Å². The van der Waals surface area contributed by atoms with E-state index in [0.29, 0.717) is 0 Å². The van der Waals surface area contributed by atoms with Gasteiger partial charge in [-0.1, -0.05) is 86.5 Å². The molecule has 0 aliphatic rings. The Morgan fingerprint density at radius 1 is 0.524 bits per heavy atom. The largest absolute Gasteiger partial charge is 0.0622 e. The molecule has 0 saturated heterocycles. The van der Waals surface area contributed by atoms with Crippen LogP contribution in [-0.4, -0.2) is 0 Å². The van der Waals surface area contributed by atoms with Crippen molar-refractivity contribution in [1.82, 2.24) is 0 Å². The molecule has 0 radical (unpaired) electrons. The highest BCUT2D eigenvalue weighted by Gasteiger charge is 2.16. The first-order chi connectivity index (χ1) is 10.2. The van der Waals surface area contributed by atoms with Crippen molar-refractivity contribution in [1.29, 1.82) is 0 Å². The van der Waals surface area contributed by atoms with E-state index in [1.165, 1.54) is 16.7 Å². The van der Waals surface area contributed by atoms with E-state index in [2.05, 4.69) is 111 Å². The highest BCUT2D eigenvalue weighted by atomic mass is 79.9. The summed E-state index contributed by atoms with van der Waals surface area (Å²) in [6, 6.07) is 27.7. The van der Waals surface area contributed by atoms with E-state index < -0.39 is 0 Å². The molecule has 0 aliphatic carbocycles. The molecule has 0 heterocycles. The number of benzene rings is 3. The molecule has 3 aromatic rings. The van der Waals surface area contributed by atoms with Crippen molar-refractivity contribution in [3.63, 3.8) is 0 Å². The fourth-order valence-corrected chi connectivity index (χ4v) is 3.43. The number of halogens is 2. The van der Waals surface area contributed by atoms with Gasteiger partial charge in [0.15, 0.2) is 0 Å². The molecule has 0 N–H and O–H groups in total. The SMILES string of the molecule is Brc1cccc(C(c2ccccc2)c2cccc(Br)c2)c1. The number of hydrogen-bond acceptors (Lipinski definition) is 0. The van der Waals surface area contributed by atoms with Crippen LogP contribution in [-0.2, 0) is 0 Å². The number of hydrogen-bond donors (Lipinski definition) is 0. The van der Waals surface area contributed by atoms with Gasteiger partial charge in [-0.2, -0.15) is 0 Å². The smallest absolute Gasteiger partial charge is 0.0340 e. The minimum absolute atomic E-state index is 0.237. The Hall–Kier alpha value is -1.38. The predicted molar refractivity (Wildman–Crippen MR) is 95.7 cm³/mol. The summed E-state index contributed by atoms with van der Waals surface area (Å²) in [5, 5.41) is 0. The zero-order valence-corrected chi connectivity index (χ0v) is 14.5. The van der Waals surface area contributed by atoms with E-state index in [9.17, 15) is 0 Å². The fraction of sp³-hybridized carbons (Fsp3) is 0.0526. The first-order valence-electron chi connectivity index (χ1n) is 6.80. The van der Waals surface area contributed by atoms with Gasteiger partial charge in [-0.05, 0) is 41.0 Å². The Kier molecular flexibility index (Phi) is 4.57. The Morgan fingerprint density at radius 2 is 1.00 bits per heavy atom. The normalized spacial score (nSPS) is 10.8. The van der Waals surface area contributed by atoms with Gasteiger partial charge in [0.1, 0.15) is 0 Å². The fourth-order valence-electron chi connectivity index (χ4n) is 2.60. The summed E-state index contributed by atoms with van der Waals surface area (Å²) in [7, 11) is 0. The summed E-state index contributed by atoms with van der Waals surface area (Å²) in [6.07, 6.45) is 0. The molecule has 0 spiro atoms. The van der Waals surface area contributed by atoms with Gasteiger partial charge in [0.05, 0.1) is 0 Å². The molecule has 104 valence electrons. The lowest BCUT2D eigenvalue weighted by Gasteiger charge is -2.19. The van der Waals surface area contributed by atoms with Crippen LogP contribution in [0.4, 0.5) is 0 Å². The van der Waals surface area contributed by atoms with E-state index in [0.717, 1.165) is 8.95 Å². The minimum Gasteiger partial charge on any atom is -0.0622 e. The van der Waals surface area contributed by atoms with Crippen molar-refractivity contribution in [3.8, 4) is 0 Å². The summed E-state index contributed by atoms with van der Waals surface area (Å²) >= 11 is 7.16. The van der Waals surface area contributed by atoms with Gasteiger partial charge in [-0.15, -0.1) is 0 Å². The molecule has 0 atom stereocenters. The van der Waals surface area contributed by atoms with Crippen molar-refractivity contribution < 1.29 is 0 Å². The monoisotopic (exact) mass is 400 g/mol. The van der Waals surface area contributed by atoms with E-state index in [4.69, 9.17) is 0 Å². The Morgan fingerprint density at radius 3 is 1.48 bits per heavy atom. The Bertz CT molecular complexity index is 690. The van der Waals surface area contributed by atoms with E-state index in [1.807, 2.05) is 0 Å². The highest BCUT2D eigenvalue weighted by molar-refractivity contribution is 9.10. The maximum atomic E-state index is 3.58. The van der Waals surface area contributed by atoms with Gasteiger partial charge in [-0.3, -0.25) is 0 Å². The second-order valence-electron chi connectivity index (χ2n) is 4.95. The second-order valence-corrected chi connectivity index (χ2v) is 6.79. The minimum atomic E-state index is 0.237. The summed E-state index contributed by atoms with van der Waals surface area (Å²) in [4.78, 5) is 0. The summed E-state index contributed by atoms with van der Waals surface area (Å²) in [5.74, 6) is 0.237. The lowest BCUT2D eigenvalue weighted by atomic mass is 9.85. The molecule has 21 heavy (non-hydrogen) atoms.